The van der Waals surface area contributed by atoms with Crippen LogP contribution in [-0.4, -0.2) is 38.9 Å². The summed E-state index contributed by atoms with van der Waals surface area (Å²) >= 11 is 6.03. The van der Waals surface area contributed by atoms with Gasteiger partial charge in [0.15, 0.2) is 0 Å². The predicted octanol–water partition coefficient (Wildman–Crippen LogP) is 5.24. The van der Waals surface area contributed by atoms with Crippen molar-refractivity contribution in [2.24, 2.45) is 0 Å². The SMILES string of the molecule is CC(=O)N1CC=C(c2ccc3c(c2)C(Nc2ccc(F)c(Cl)c2)CCn2nnc(C)c2-3)CC1. The average Bonchev–Trinajstić information content (AvgIpc) is 3.10. The zero-order chi connectivity index (χ0) is 23.1. The summed E-state index contributed by atoms with van der Waals surface area (Å²) in [5.41, 5.74) is 7.32. The lowest BCUT2D eigenvalue weighted by atomic mass is 9.90. The Hall–Kier alpha value is -3.19. The number of anilines is 1. The van der Waals surface area contributed by atoms with Gasteiger partial charge in [-0.05, 0) is 60.7 Å². The van der Waals surface area contributed by atoms with E-state index in [2.05, 4.69) is 39.9 Å². The van der Waals surface area contributed by atoms with Gasteiger partial charge in [-0.2, -0.15) is 0 Å². The van der Waals surface area contributed by atoms with Gasteiger partial charge in [0, 0.05) is 37.8 Å². The first kappa shape index (κ1) is 21.6. The van der Waals surface area contributed by atoms with E-state index in [0.29, 0.717) is 13.1 Å². The van der Waals surface area contributed by atoms with Gasteiger partial charge in [0.1, 0.15) is 5.82 Å². The highest BCUT2D eigenvalue weighted by molar-refractivity contribution is 6.31. The second-order valence-electron chi connectivity index (χ2n) is 8.61. The average molecular weight is 466 g/mol. The summed E-state index contributed by atoms with van der Waals surface area (Å²) in [7, 11) is 0. The largest absolute Gasteiger partial charge is 0.378 e. The van der Waals surface area contributed by atoms with Gasteiger partial charge in [-0.1, -0.05) is 35.0 Å². The number of amides is 1. The van der Waals surface area contributed by atoms with Crippen LogP contribution in [0.1, 0.15) is 42.6 Å². The number of halogens is 2. The summed E-state index contributed by atoms with van der Waals surface area (Å²) in [6, 6.07) is 11.2. The summed E-state index contributed by atoms with van der Waals surface area (Å²) in [4.78, 5) is 13.5. The van der Waals surface area contributed by atoms with Gasteiger partial charge in [0.05, 0.1) is 22.5 Å². The van der Waals surface area contributed by atoms with Crippen LogP contribution in [0.4, 0.5) is 10.1 Å². The molecule has 0 radical (unpaired) electrons. The van der Waals surface area contributed by atoms with Crippen molar-refractivity contribution in [2.45, 2.75) is 39.3 Å². The van der Waals surface area contributed by atoms with Crippen LogP contribution >= 0.6 is 11.6 Å². The number of nitrogens with zero attached hydrogens (tertiary/aromatic N) is 4. The molecule has 8 heteroatoms. The summed E-state index contributed by atoms with van der Waals surface area (Å²) in [5.74, 6) is -0.331. The standard InChI is InChI=1S/C25H25ClFN5O/c1-15-25-20-5-3-18(17-7-10-31(11-8-17)16(2)33)13-21(20)24(9-12-32(25)30-29-15)28-19-4-6-23(27)22(26)14-19/h3-7,13-14,24,28H,8-12H2,1-2H3. The minimum atomic E-state index is -0.434. The fraction of sp³-hybridized carbons (Fsp3) is 0.320. The summed E-state index contributed by atoms with van der Waals surface area (Å²) in [6.45, 7) is 5.66. The van der Waals surface area contributed by atoms with Crippen LogP contribution in [0.5, 0.6) is 0 Å². The number of carbonyl (C=O) groups excluding carboxylic acids is 1. The van der Waals surface area contributed by atoms with E-state index < -0.39 is 5.82 Å². The summed E-state index contributed by atoms with van der Waals surface area (Å²) < 4.78 is 15.6. The molecule has 1 N–H and O–H groups in total. The second-order valence-corrected chi connectivity index (χ2v) is 9.01. The number of aryl methyl sites for hydroxylation is 2. The van der Waals surface area contributed by atoms with Crippen LogP contribution in [0.25, 0.3) is 16.8 Å². The number of carbonyl (C=O) groups is 1. The zero-order valence-electron chi connectivity index (χ0n) is 18.6. The second kappa shape index (κ2) is 8.63. The van der Waals surface area contributed by atoms with Crippen LogP contribution < -0.4 is 5.32 Å². The summed E-state index contributed by atoms with van der Waals surface area (Å²) in [6.07, 6.45) is 3.75. The van der Waals surface area contributed by atoms with Crippen molar-refractivity contribution in [1.29, 1.82) is 0 Å². The van der Waals surface area contributed by atoms with Crippen LogP contribution in [-0.2, 0) is 11.3 Å². The lowest BCUT2D eigenvalue weighted by Gasteiger charge is -2.26. The normalized spacial score (nSPS) is 17.6. The van der Waals surface area contributed by atoms with Gasteiger partial charge in [0.2, 0.25) is 5.91 Å². The van der Waals surface area contributed by atoms with E-state index in [1.54, 1.807) is 19.1 Å². The fourth-order valence-corrected chi connectivity index (χ4v) is 4.90. The number of nitrogens with one attached hydrogen (secondary N) is 1. The van der Waals surface area contributed by atoms with Crippen molar-refractivity contribution in [2.75, 3.05) is 18.4 Å². The molecule has 2 aliphatic heterocycles. The summed E-state index contributed by atoms with van der Waals surface area (Å²) in [5, 5.41) is 12.3. The molecular weight excluding hydrogens is 441 g/mol. The molecule has 0 saturated carbocycles. The lowest BCUT2D eigenvalue weighted by molar-refractivity contribution is -0.128. The Morgan fingerprint density at radius 1 is 1.21 bits per heavy atom. The van der Waals surface area contributed by atoms with Crippen molar-refractivity contribution >= 4 is 28.8 Å². The van der Waals surface area contributed by atoms with Crippen molar-refractivity contribution in [3.63, 3.8) is 0 Å². The highest BCUT2D eigenvalue weighted by atomic mass is 35.5. The lowest BCUT2D eigenvalue weighted by Crippen LogP contribution is -2.32. The Kier molecular flexibility index (Phi) is 5.66. The molecule has 1 aromatic heterocycles. The molecule has 170 valence electrons. The van der Waals surface area contributed by atoms with E-state index in [9.17, 15) is 9.18 Å². The number of benzene rings is 2. The molecule has 5 rings (SSSR count). The van der Waals surface area contributed by atoms with Crippen LogP contribution in [0.3, 0.4) is 0 Å². The molecular formula is C25H25ClFN5O. The van der Waals surface area contributed by atoms with Crippen LogP contribution in [0, 0.1) is 12.7 Å². The van der Waals surface area contributed by atoms with Crippen LogP contribution in [0.2, 0.25) is 5.02 Å². The minimum Gasteiger partial charge on any atom is -0.378 e. The molecule has 0 saturated heterocycles. The zero-order valence-corrected chi connectivity index (χ0v) is 19.4. The first-order valence-electron chi connectivity index (χ1n) is 11.1. The number of hydrogen-bond donors (Lipinski definition) is 1. The smallest absolute Gasteiger partial charge is 0.219 e. The Balaban J connectivity index is 1.55. The molecule has 2 aromatic carbocycles. The van der Waals surface area contributed by atoms with E-state index in [0.717, 1.165) is 53.2 Å². The Morgan fingerprint density at radius 3 is 2.79 bits per heavy atom. The Bertz CT molecular complexity index is 1270. The van der Waals surface area contributed by atoms with E-state index in [1.165, 1.54) is 11.6 Å². The van der Waals surface area contributed by atoms with Crippen molar-refractivity contribution < 1.29 is 9.18 Å². The molecule has 33 heavy (non-hydrogen) atoms. The Morgan fingerprint density at radius 2 is 2.06 bits per heavy atom. The van der Waals surface area contributed by atoms with Gasteiger partial charge in [0.25, 0.3) is 0 Å². The molecule has 0 bridgehead atoms. The topological polar surface area (TPSA) is 63.1 Å². The number of aromatic nitrogens is 3. The quantitative estimate of drug-likeness (QED) is 0.574. The van der Waals surface area contributed by atoms with E-state index >= 15 is 0 Å². The molecule has 0 aliphatic carbocycles. The van der Waals surface area contributed by atoms with Gasteiger partial charge in [-0.3, -0.25) is 4.79 Å². The molecule has 3 aromatic rings. The monoisotopic (exact) mass is 465 g/mol. The number of rotatable bonds is 3. The molecule has 6 nitrogen and oxygen atoms in total. The highest BCUT2D eigenvalue weighted by Crippen LogP contribution is 2.39. The van der Waals surface area contributed by atoms with E-state index in [-0.39, 0.29) is 17.0 Å². The number of hydrogen-bond acceptors (Lipinski definition) is 4. The van der Waals surface area contributed by atoms with E-state index in [4.69, 9.17) is 11.6 Å². The Labute approximate surface area is 197 Å². The molecule has 0 fully saturated rings. The molecule has 1 amide bonds. The maximum atomic E-state index is 13.7. The molecule has 0 spiro atoms. The maximum Gasteiger partial charge on any atom is 0.219 e. The van der Waals surface area contributed by atoms with Gasteiger partial charge in [-0.25, -0.2) is 9.07 Å². The minimum absolute atomic E-state index is 0.0134. The molecule has 2 aliphatic rings. The van der Waals surface area contributed by atoms with Gasteiger partial charge < -0.3 is 10.2 Å². The van der Waals surface area contributed by atoms with Crippen molar-refractivity contribution in [3.8, 4) is 11.3 Å². The van der Waals surface area contributed by atoms with Crippen molar-refractivity contribution in [3.05, 3.63) is 70.1 Å². The van der Waals surface area contributed by atoms with E-state index in [1.807, 2.05) is 16.5 Å². The van der Waals surface area contributed by atoms with Crippen molar-refractivity contribution in [1.82, 2.24) is 19.9 Å². The molecule has 1 unspecified atom stereocenters. The van der Waals surface area contributed by atoms with Crippen LogP contribution in [0.15, 0.2) is 42.5 Å². The highest BCUT2D eigenvalue weighted by Gasteiger charge is 2.26. The fourth-order valence-electron chi connectivity index (χ4n) is 4.72. The number of fused-ring (bicyclic) bond motifs is 3. The molecule has 3 heterocycles. The predicted molar refractivity (Wildman–Crippen MR) is 127 cm³/mol. The first-order chi connectivity index (χ1) is 15.9. The first-order valence-corrected chi connectivity index (χ1v) is 11.5. The maximum absolute atomic E-state index is 13.7. The third-order valence-electron chi connectivity index (χ3n) is 6.50. The third-order valence-corrected chi connectivity index (χ3v) is 6.79. The molecule has 1 atom stereocenters. The van der Waals surface area contributed by atoms with Gasteiger partial charge in [-0.15, -0.1) is 5.10 Å². The third kappa shape index (κ3) is 4.13. The van der Waals surface area contributed by atoms with Gasteiger partial charge >= 0.3 is 0 Å².